The minimum absolute atomic E-state index is 0.0772. The Kier molecular flexibility index (Phi) is 5.34. The van der Waals surface area contributed by atoms with Gasteiger partial charge in [-0.25, -0.2) is 0 Å². The maximum atomic E-state index is 11.8. The summed E-state index contributed by atoms with van der Waals surface area (Å²) in [6.07, 6.45) is 0. The zero-order valence-corrected chi connectivity index (χ0v) is 13.6. The summed E-state index contributed by atoms with van der Waals surface area (Å²) in [5, 5.41) is 3.41. The van der Waals surface area contributed by atoms with Gasteiger partial charge in [0.2, 0.25) is 5.91 Å². The Labute approximate surface area is 135 Å². The van der Waals surface area contributed by atoms with Gasteiger partial charge in [0, 0.05) is 25.8 Å². The Morgan fingerprint density at radius 2 is 1.95 bits per heavy atom. The van der Waals surface area contributed by atoms with Gasteiger partial charge in [0.1, 0.15) is 0 Å². The van der Waals surface area contributed by atoms with Gasteiger partial charge in [-0.1, -0.05) is 27.5 Å². The molecule has 1 amide bonds. The monoisotopic (exact) mass is 370 g/mol. The first-order valence-electron chi connectivity index (χ1n) is 5.78. The van der Waals surface area contributed by atoms with Crippen LogP contribution in [-0.4, -0.2) is 11.7 Å². The molecule has 0 radical (unpaired) electrons. The van der Waals surface area contributed by atoms with E-state index >= 15 is 0 Å². The first-order chi connectivity index (χ1) is 9.54. The smallest absolute Gasteiger partial charge is 0.234 e. The van der Waals surface area contributed by atoms with E-state index < -0.39 is 0 Å². The van der Waals surface area contributed by atoms with Crippen molar-refractivity contribution < 1.29 is 4.79 Å². The predicted octanol–water partition coefficient (Wildman–Crippen LogP) is 4.42. The van der Waals surface area contributed by atoms with Crippen LogP contribution in [0.5, 0.6) is 0 Å². The Bertz CT molecular complexity index is 619. The summed E-state index contributed by atoms with van der Waals surface area (Å²) >= 11 is 10.6. The fourth-order valence-corrected chi connectivity index (χ4v) is 2.72. The summed E-state index contributed by atoms with van der Waals surface area (Å²) in [6, 6.07) is 12.7. The van der Waals surface area contributed by atoms with E-state index in [0.717, 1.165) is 15.1 Å². The van der Waals surface area contributed by atoms with Gasteiger partial charge in [-0.2, -0.15) is 0 Å². The number of rotatable bonds is 4. The van der Waals surface area contributed by atoms with Crippen molar-refractivity contribution in [3.8, 4) is 0 Å². The SMILES string of the molecule is Nc1cc(Cl)ccc1SCC(=O)Nc1ccc(Br)cc1. The van der Waals surface area contributed by atoms with E-state index in [2.05, 4.69) is 21.2 Å². The fraction of sp³-hybridized carbons (Fsp3) is 0.0714. The molecule has 6 heteroatoms. The number of hydrogen-bond acceptors (Lipinski definition) is 3. The summed E-state index contributed by atoms with van der Waals surface area (Å²) in [4.78, 5) is 12.7. The molecule has 0 aromatic heterocycles. The third-order valence-electron chi connectivity index (χ3n) is 2.46. The van der Waals surface area contributed by atoms with Crippen molar-refractivity contribution in [2.45, 2.75) is 4.90 Å². The summed E-state index contributed by atoms with van der Waals surface area (Å²) < 4.78 is 0.971. The van der Waals surface area contributed by atoms with Crippen molar-refractivity contribution in [3.05, 3.63) is 52.0 Å². The van der Waals surface area contributed by atoms with Gasteiger partial charge in [-0.15, -0.1) is 11.8 Å². The van der Waals surface area contributed by atoms with Crippen LogP contribution < -0.4 is 11.1 Å². The molecule has 104 valence electrons. The Hall–Kier alpha value is -1.17. The van der Waals surface area contributed by atoms with Gasteiger partial charge in [-0.05, 0) is 42.5 Å². The second kappa shape index (κ2) is 7.02. The van der Waals surface area contributed by atoms with Gasteiger partial charge in [0.25, 0.3) is 0 Å². The normalized spacial score (nSPS) is 10.3. The van der Waals surface area contributed by atoms with Gasteiger partial charge < -0.3 is 11.1 Å². The Morgan fingerprint density at radius 3 is 2.60 bits per heavy atom. The van der Waals surface area contributed by atoms with Crippen molar-refractivity contribution in [2.75, 3.05) is 16.8 Å². The number of anilines is 2. The molecule has 0 saturated carbocycles. The number of halogens is 2. The predicted molar refractivity (Wildman–Crippen MR) is 89.4 cm³/mol. The highest BCUT2D eigenvalue weighted by Gasteiger charge is 2.06. The van der Waals surface area contributed by atoms with E-state index in [1.165, 1.54) is 11.8 Å². The molecule has 0 saturated heterocycles. The van der Waals surface area contributed by atoms with Gasteiger partial charge in [0.15, 0.2) is 0 Å². The van der Waals surface area contributed by atoms with Crippen LogP contribution in [0, 0.1) is 0 Å². The van der Waals surface area contributed by atoms with Crippen LogP contribution in [-0.2, 0) is 4.79 Å². The third kappa shape index (κ3) is 4.44. The van der Waals surface area contributed by atoms with Crippen LogP contribution in [0.15, 0.2) is 51.8 Å². The van der Waals surface area contributed by atoms with E-state index in [9.17, 15) is 4.79 Å². The number of benzene rings is 2. The van der Waals surface area contributed by atoms with Crippen molar-refractivity contribution in [3.63, 3.8) is 0 Å². The minimum atomic E-state index is -0.0772. The number of carbonyl (C=O) groups is 1. The molecular formula is C14H12BrClN2OS. The molecule has 20 heavy (non-hydrogen) atoms. The largest absolute Gasteiger partial charge is 0.398 e. The molecule has 0 unspecified atom stereocenters. The van der Waals surface area contributed by atoms with Crippen molar-refractivity contribution in [1.29, 1.82) is 0 Å². The zero-order valence-electron chi connectivity index (χ0n) is 10.4. The molecular weight excluding hydrogens is 360 g/mol. The molecule has 2 rings (SSSR count). The second-order valence-electron chi connectivity index (χ2n) is 4.03. The fourth-order valence-electron chi connectivity index (χ4n) is 1.52. The lowest BCUT2D eigenvalue weighted by molar-refractivity contribution is -0.113. The minimum Gasteiger partial charge on any atom is -0.398 e. The zero-order chi connectivity index (χ0) is 14.5. The molecule has 3 nitrogen and oxygen atoms in total. The van der Waals surface area contributed by atoms with Crippen molar-refractivity contribution >= 4 is 56.6 Å². The number of nitrogens with one attached hydrogen (secondary N) is 1. The first-order valence-corrected chi connectivity index (χ1v) is 7.93. The van der Waals surface area contributed by atoms with Crippen LogP contribution in [0.1, 0.15) is 0 Å². The summed E-state index contributed by atoms with van der Waals surface area (Å²) in [5.41, 5.74) is 7.18. The lowest BCUT2D eigenvalue weighted by atomic mass is 10.3. The van der Waals surface area contributed by atoms with Crippen LogP contribution >= 0.6 is 39.3 Å². The van der Waals surface area contributed by atoms with E-state index in [1.54, 1.807) is 12.1 Å². The van der Waals surface area contributed by atoms with Crippen molar-refractivity contribution in [1.82, 2.24) is 0 Å². The highest BCUT2D eigenvalue weighted by Crippen LogP contribution is 2.27. The number of carbonyl (C=O) groups excluding carboxylic acids is 1. The lowest BCUT2D eigenvalue weighted by Crippen LogP contribution is -2.13. The number of hydrogen-bond donors (Lipinski definition) is 2. The maximum Gasteiger partial charge on any atom is 0.234 e. The van der Waals surface area contributed by atoms with E-state index in [4.69, 9.17) is 17.3 Å². The molecule has 0 aliphatic rings. The Balaban J connectivity index is 1.90. The number of thioether (sulfide) groups is 1. The summed E-state index contributed by atoms with van der Waals surface area (Å²) in [7, 11) is 0. The average molecular weight is 372 g/mol. The number of nitrogens with two attached hydrogens (primary N) is 1. The average Bonchev–Trinajstić information content (AvgIpc) is 2.40. The second-order valence-corrected chi connectivity index (χ2v) is 6.40. The highest BCUT2D eigenvalue weighted by atomic mass is 79.9. The molecule has 0 bridgehead atoms. The van der Waals surface area contributed by atoms with Crippen LogP contribution in [0.2, 0.25) is 5.02 Å². The third-order valence-corrected chi connectivity index (χ3v) is 4.31. The van der Waals surface area contributed by atoms with Gasteiger partial charge in [-0.3, -0.25) is 4.79 Å². The molecule has 0 atom stereocenters. The molecule has 0 spiro atoms. The highest BCUT2D eigenvalue weighted by molar-refractivity contribution is 9.10. The van der Waals surface area contributed by atoms with E-state index in [0.29, 0.717) is 16.5 Å². The quantitative estimate of drug-likeness (QED) is 0.618. The van der Waals surface area contributed by atoms with Crippen LogP contribution in [0.3, 0.4) is 0 Å². The van der Waals surface area contributed by atoms with Gasteiger partial charge >= 0.3 is 0 Å². The number of nitrogen functional groups attached to an aromatic ring is 1. The topological polar surface area (TPSA) is 55.1 Å². The molecule has 2 aromatic carbocycles. The lowest BCUT2D eigenvalue weighted by Gasteiger charge is -2.07. The van der Waals surface area contributed by atoms with Crippen LogP contribution in [0.25, 0.3) is 0 Å². The van der Waals surface area contributed by atoms with E-state index in [-0.39, 0.29) is 5.91 Å². The van der Waals surface area contributed by atoms with Crippen LogP contribution in [0.4, 0.5) is 11.4 Å². The first kappa shape index (κ1) is 15.2. The maximum absolute atomic E-state index is 11.8. The summed E-state index contributed by atoms with van der Waals surface area (Å²) in [6.45, 7) is 0. The molecule has 0 aliphatic carbocycles. The molecule has 0 fully saturated rings. The molecule has 2 aromatic rings. The Morgan fingerprint density at radius 1 is 1.25 bits per heavy atom. The number of amides is 1. The molecule has 0 heterocycles. The summed E-state index contributed by atoms with van der Waals surface area (Å²) in [5.74, 6) is 0.216. The van der Waals surface area contributed by atoms with Gasteiger partial charge in [0.05, 0.1) is 5.75 Å². The van der Waals surface area contributed by atoms with Crippen molar-refractivity contribution in [2.24, 2.45) is 0 Å². The van der Waals surface area contributed by atoms with E-state index in [1.807, 2.05) is 30.3 Å². The molecule has 3 N–H and O–H groups in total. The standard InChI is InChI=1S/C14H12BrClN2OS/c15-9-1-4-11(5-2-9)18-14(19)8-20-13-6-3-10(16)7-12(13)17/h1-7H,8,17H2,(H,18,19). The molecule has 0 aliphatic heterocycles.